The van der Waals surface area contributed by atoms with Crippen molar-refractivity contribution in [3.05, 3.63) is 83.2 Å². The minimum atomic E-state index is -0.205. The van der Waals surface area contributed by atoms with E-state index in [0.717, 1.165) is 16.8 Å². The molecule has 1 N–H and O–H groups in total. The molecule has 0 radical (unpaired) electrons. The number of aromatic nitrogens is 2. The Hall–Kier alpha value is -3.21. The van der Waals surface area contributed by atoms with Crippen LogP contribution in [0.2, 0.25) is 0 Å². The number of nitrogens with one attached hydrogen (secondary N) is 1. The third kappa shape index (κ3) is 4.55. The van der Waals surface area contributed by atoms with Crippen molar-refractivity contribution in [2.45, 2.75) is 40.3 Å². The first-order valence-corrected chi connectivity index (χ1v) is 9.46. The average Bonchev–Trinajstić information content (AvgIpc) is 2.69. The molecular formula is C23H26N4O. The van der Waals surface area contributed by atoms with E-state index in [1.807, 2.05) is 50.2 Å². The Morgan fingerprint density at radius 1 is 0.964 bits per heavy atom. The van der Waals surface area contributed by atoms with Crippen LogP contribution in [0.1, 0.15) is 40.9 Å². The summed E-state index contributed by atoms with van der Waals surface area (Å²) in [6.45, 7) is 8.88. The number of nitrogens with zero attached hydrogens (tertiary/aromatic N) is 3. The summed E-state index contributed by atoms with van der Waals surface area (Å²) in [6, 6.07) is 16.4. The van der Waals surface area contributed by atoms with Crippen LogP contribution in [0.4, 0.5) is 11.6 Å². The van der Waals surface area contributed by atoms with Crippen LogP contribution in [-0.2, 0) is 6.54 Å². The Balaban J connectivity index is 1.77. The molecule has 0 aliphatic rings. The molecule has 0 saturated carbocycles. The molecule has 1 amide bonds. The van der Waals surface area contributed by atoms with Gasteiger partial charge in [0.05, 0.1) is 5.56 Å². The number of rotatable bonds is 6. The maximum Gasteiger partial charge on any atom is 0.258 e. The maximum absolute atomic E-state index is 12.6. The van der Waals surface area contributed by atoms with Gasteiger partial charge >= 0.3 is 0 Å². The molecular weight excluding hydrogens is 348 g/mol. The zero-order valence-corrected chi connectivity index (χ0v) is 16.8. The van der Waals surface area contributed by atoms with Crippen molar-refractivity contribution in [3.63, 3.8) is 0 Å². The summed E-state index contributed by atoms with van der Waals surface area (Å²) in [6.07, 6.45) is 3.18. The molecule has 0 atom stereocenters. The first-order valence-electron chi connectivity index (χ1n) is 9.46. The van der Waals surface area contributed by atoms with E-state index in [2.05, 4.69) is 46.2 Å². The molecule has 0 aliphatic heterocycles. The Kier molecular flexibility index (Phi) is 6.04. The summed E-state index contributed by atoms with van der Waals surface area (Å²) in [5, 5.41) is 2.97. The first kappa shape index (κ1) is 19.5. The molecule has 3 aromatic rings. The highest BCUT2D eigenvalue weighted by molar-refractivity contribution is 6.04. The van der Waals surface area contributed by atoms with Crippen molar-refractivity contribution in [2.24, 2.45) is 0 Å². The highest BCUT2D eigenvalue weighted by Gasteiger charge is 2.16. The Labute approximate surface area is 166 Å². The number of carbonyl (C=O) groups is 1. The van der Waals surface area contributed by atoms with Crippen molar-refractivity contribution in [3.8, 4) is 0 Å². The van der Waals surface area contributed by atoms with Crippen molar-refractivity contribution in [2.75, 3.05) is 10.2 Å². The van der Waals surface area contributed by atoms with E-state index in [-0.39, 0.29) is 11.9 Å². The lowest BCUT2D eigenvalue weighted by atomic mass is 10.1. The standard InChI is InChI=1S/C23H26N4O/c1-16(2)27(15-19-11-6-5-7-12-19)23-24-13-20(14-25-23)22(28)26-21-17(3)9-8-10-18(21)4/h5-14,16H,15H2,1-4H3,(H,26,28). The van der Waals surface area contributed by atoms with Crippen molar-refractivity contribution >= 4 is 17.5 Å². The number of hydrogen-bond acceptors (Lipinski definition) is 4. The number of amides is 1. The lowest BCUT2D eigenvalue weighted by Gasteiger charge is -2.26. The molecule has 0 bridgehead atoms. The van der Waals surface area contributed by atoms with E-state index in [0.29, 0.717) is 18.1 Å². The number of para-hydroxylation sites is 1. The minimum Gasteiger partial charge on any atom is -0.334 e. The fourth-order valence-electron chi connectivity index (χ4n) is 3.05. The molecule has 2 aromatic carbocycles. The molecule has 5 heteroatoms. The number of aryl methyl sites for hydroxylation is 2. The fraction of sp³-hybridized carbons (Fsp3) is 0.261. The van der Waals surface area contributed by atoms with Gasteiger partial charge in [-0.25, -0.2) is 9.97 Å². The van der Waals surface area contributed by atoms with E-state index < -0.39 is 0 Å². The normalized spacial score (nSPS) is 10.8. The predicted octanol–water partition coefficient (Wildman–Crippen LogP) is 4.76. The maximum atomic E-state index is 12.6. The van der Waals surface area contributed by atoms with Gasteiger partial charge in [0.1, 0.15) is 0 Å². The SMILES string of the molecule is Cc1cccc(C)c1NC(=O)c1cnc(N(Cc2ccccc2)C(C)C)nc1. The van der Waals surface area contributed by atoms with Gasteiger partial charge in [0, 0.05) is 30.7 Å². The number of carbonyl (C=O) groups excluding carboxylic acids is 1. The van der Waals surface area contributed by atoms with E-state index >= 15 is 0 Å². The summed E-state index contributed by atoms with van der Waals surface area (Å²) < 4.78 is 0. The van der Waals surface area contributed by atoms with Gasteiger partial charge in [-0.1, -0.05) is 48.5 Å². The highest BCUT2D eigenvalue weighted by Crippen LogP contribution is 2.21. The fourth-order valence-corrected chi connectivity index (χ4v) is 3.05. The second-order valence-electron chi connectivity index (χ2n) is 7.20. The predicted molar refractivity (Wildman–Crippen MR) is 114 cm³/mol. The van der Waals surface area contributed by atoms with Gasteiger partial charge in [-0.3, -0.25) is 4.79 Å². The van der Waals surface area contributed by atoms with Gasteiger partial charge in [-0.2, -0.15) is 0 Å². The lowest BCUT2D eigenvalue weighted by Crippen LogP contribution is -2.32. The van der Waals surface area contributed by atoms with Crippen LogP contribution in [0.5, 0.6) is 0 Å². The molecule has 0 saturated heterocycles. The Morgan fingerprint density at radius 3 is 2.14 bits per heavy atom. The molecule has 0 fully saturated rings. The minimum absolute atomic E-state index is 0.205. The van der Waals surface area contributed by atoms with Crippen LogP contribution in [0, 0.1) is 13.8 Å². The van der Waals surface area contributed by atoms with Crippen LogP contribution in [-0.4, -0.2) is 21.9 Å². The number of anilines is 2. The summed E-state index contributed by atoms with van der Waals surface area (Å²) in [7, 11) is 0. The Bertz CT molecular complexity index is 916. The van der Waals surface area contributed by atoms with Gasteiger partial charge in [0.15, 0.2) is 0 Å². The molecule has 1 aromatic heterocycles. The largest absolute Gasteiger partial charge is 0.334 e. The third-order valence-corrected chi connectivity index (χ3v) is 4.70. The van der Waals surface area contributed by atoms with Crippen LogP contribution in [0.25, 0.3) is 0 Å². The summed E-state index contributed by atoms with van der Waals surface area (Å²) in [5.74, 6) is 0.408. The number of benzene rings is 2. The van der Waals surface area contributed by atoms with Crippen molar-refractivity contribution < 1.29 is 4.79 Å². The molecule has 0 spiro atoms. The number of hydrogen-bond donors (Lipinski definition) is 1. The summed E-state index contributed by atoms with van der Waals surface area (Å²) in [5.41, 5.74) is 4.52. The topological polar surface area (TPSA) is 58.1 Å². The van der Waals surface area contributed by atoms with Gasteiger partial charge < -0.3 is 10.2 Å². The summed E-state index contributed by atoms with van der Waals surface area (Å²) >= 11 is 0. The molecule has 28 heavy (non-hydrogen) atoms. The smallest absolute Gasteiger partial charge is 0.258 e. The molecule has 0 unspecified atom stereocenters. The average molecular weight is 374 g/mol. The lowest BCUT2D eigenvalue weighted by molar-refractivity contribution is 0.102. The van der Waals surface area contributed by atoms with Gasteiger partial charge in [-0.05, 0) is 44.4 Å². The quantitative estimate of drug-likeness (QED) is 0.676. The third-order valence-electron chi connectivity index (χ3n) is 4.70. The van der Waals surface area contributed by atoms with E-state index in [1.54, 1.807) is 12.4 Å². The van der Waals surface area contributed by atoms with Gasteiger partial charge in [0.2, 0.25) is 5.95 Å². The molecule has 0 aliphatic carbocycles. The molecule has 1 heterocycles. The second kappa shape index (κ2) is 8.65. The zero-order valence-electron chi connectivity index (χ0n) is 16.8. The first-order chi connectivity index (χ1) is 13.5. The molecule has 3 rings (SSSR count). The highest BCUT2D eigenvalue weighted by atomic mass is 16.1. The van der Waals surface area contributed by atoms with Crippen molar-refractivity contribution in [1.29, 1.82) is 0 Å². The monoisotopic (exact) mass is 374 g/mol. The van der Waals surface area contributed by atoms with Gasteiger partial charge in [0.25, 0.3) is 5.91 Å². The van der Waals surface area contributed by atoms with E-state index in [9.17, 15) is 4.79 Å². The van der Waals surface area contributed by atoms with Crippen LogP contribution < -0.4 is 10.2 Å². The van der Waals surface area contributed by atoms with Crippen LogP contribution in [0.15, 0.2) is 60.9 Å². The summed E-state index contributed by atoms with van der Waals surface area (Å²) in [4.78, 5) is 23.6. The Morgan fingerprint density at radius 2 is 1.57 bits per heavy atom. The van der Waals surface area contributed by atoms with E-state index in [4.69, 9.17) is 0 Å². The van der Waals surface area contributed by atoms with Gasteiger partial charge in [-0.15, -0.1) is 0 Å². The van der Waals surface area contributed by atoms with Crippen LogP contribution in [0.3, 0.4) is 0 Å². The van der Waals surface area contributed by atoms with Crippen LogP contribution >= 0.6 is 0 Å². The molecule has 5 nitrogen and oxygen atoms in total. The van der Waals surface area contributed by atoms with Crippen molar-refractivity contribution in [1.82, 2.24) is 9.97 Å². The zero-order chi connectivity index (χ0) is 20.1. The second-order valence-corrected chi connectivity index (χ2v) is 7.20. The van der Waals surface area contributed by atoms with E-state index in [1.165, 1.54) is 5.56 Å². The molecule has 144 valence electrons.